The summed E-state index contributed by atoms with van der Waals surface area (Å²) in [4.78, 5) is 13.4. The second kappa shape index (κ2) is 9.34. The number of halogens is 2. The van der Waals surface area contributed by atoms with Crippen LogP contribution in [0.5, 0.6) is 0 Å². The van der Waals surface area contributed by atoms with E-state index in [0.717, 1.165) is 0 Å². The lowest BCUT2D eigenvalue weighted by atomic mass is 10.2. The van der Waals surface area contributed by atoms with Crippen LogP contribution in [-0.4, -0.2) is 28.6 Å². The molecule has 1 unspecified atom stereocenters. The van der Waals surface area contributed by atoms with Gasteiger partial charge in [-0.3, -0.25) is 0 Å². The number of carbonyl (C=O) groups is 1. The Morgan fingerprint density at radius 1 is 1.26 bits per heavy atom. The van der Waals surface area contributed by atoms with E-state index in [4.69, 9.17) is 27.9 Å². The van der Waals surface area contributed by atoms with Gasteiger partial charge in [-0.15, -0.1) is 0 Å². The first-order chi connectivity index (χ1) is 12.6. The molecule has 0 bridgehead atoms. The van der Waals surface area contributed by atoms with Gasteiger partial charge in [0.1, 0.15) is 16.1 Å². The van der Waals surface area contributed by atoms with Crippen LogP contribution in [0.15, 0.2) is 50.6 Å². The van der Waals surface area contributed by atoms with Crippen molar-refractivity contribution in [1.29, 1.82) is 0 Å². The topological polar surface area (TPSA) is 61.7 Å². The van der Waals surface area contributed by atoms with Crippen LogP contribution in [0.4, 0.5) is 0 Å². The van der Waals surface area contributed by atoms with Crippen LogP contribution in [0.25, 0.3) is 0 Å². The van der Waals surface area contributed by atoms with Gasteiger partial charge in [-0.25, -0.2) is 4.79 Å². The number of rotatable bonds is 5. The average molecular weight is 444 g/mol. The van der Waals surface area contributed by atoms with Crippen molar-refractivity contribution in [3.8, 4) is 0 Å². The summed E-state index contributed by atoms with van der Waals surface area (Å²) in [5.74, 6) is -0.438. The van der Waals surface area contributed by atoms with Crippen LogP contribution in [0, 0.1) is 0 Å². The third kappa shape index (κ3) is 5.90. The summed E-state index contributed by atoms with van der Waals surface area (Å²) in [6, 6.07) is 10.4. The van der Waals surface area contributed by atoms with Gasteiger partial charge in [-0.1, -0.05) is 51.5 Å². The lowest BCUT2D eigenvalue weighted by molar-refractivity contribution is 0.0597. The van der Waals surface area contributed by atoms with E-state index >= 15 is 0 Å². The number of methoxy groups -OCH3 is 1. The molecule has 0 heterocycles. The fourth-order valence-corrected chi connectivity index (χ4v) is 4.15. The highest BCUT2D eigenvalue weighted by atomic mass is 35.5. The minimum Gasteiger partial charge on any atom is -0.591 e. The number of benzene rings is 2. The predicted octanol–water partition coefficient (Wildman–Crippen LogP) is 5.81. The molecular weight excluding hydrogens is 425 g/mol. The van der Waals surface area contributed by atoms with Crippen LogP contribution in [-0.2, 0) is 16.1 Å². The van der Waals surface area contributed by atoms with Crippen molar-refractivity contribution in [3.63, 3.8) is 0 Å². The van der Waals surface area contributed by atoms with Crippen molar-refractivity contribution in [1.82, 2.24) is 0 Å². The zero-order valence-electron chi connectivity index (χ0n) is 15.3. The van der Waals surface area contributed by atoms with Gasteiger partial charge in [0, 0.05) is 20.4 Å². The Morgan fingerprint density at radius 3 is 2.56 bits per heavy atom. The zero-order valence-corrected chi connectivity index (χ0v) is 18.4. The number of carbonyl (C=O) groups excluding carboxylic acids is 1. The summed E-state index contributed by atoms with van der Waals surface area (Å²) >= 11 is 12.4. The van der Waals surface area contributed by atoms with E-state index < -0.39 is 22.1 Å². The molecule has 0 saturated carbocycles. The summed E-state index contributed by atoms with van der Waals surface area (Å²) in [5, 5.41) is 0.851. The molecule has 0 aliphatic heterocycles. The van der Waals surface area contributed by atoms with E-state index in [0.29, 0.717) is 31.0 Å². The predicted molar refractivity (Wildman–Crippen MR) is 114 cm³/mol. The molecule has 144 valence electrons. The third-order valence-corrected chi connectivity index (χ3v) is 6.56. The molecular formula is C19H19Cl2NO3S2. The fourth-order valence-electron chi connectivity index (χ4n) is 1.99. The van der Waals surface area contributed by atoms with Gasteiger partial charge in [0.05, 0.1) is 23.9 Å². The Kier molecular flexibility index (Phi) is 7.65. The average Bonchev–Trinajstić information content (AvgIpc) is 2.61. The van der Waals surface area contributed by atoms with Crippen LogP contribution >= 0.6 is 35.0 Å². The Balaban J connectivity index is 2.47. The normalized spacial score (nSPS) is 13.0. The molecule has 1 atom stereocenters. The quantitative estimate of drug-likeness (QED) is 0.332. The van der Waals surface area contributed by atoms with Gasteiger partial charge in [0.25, 0.3) is 0 Å². The second-order valence-corrected chi connectivity index (χ2v) is 10.3. The maximum Gasteiger partial charge on any atom is 0.339 e. The molecule has 2 rings (SSSR count). The molecule has 0 fully saturated rings. The highest BCUT2D eigenvalue weighted by molar-refractivity contribution is 7.99. The van der Waals surface area contributed by atoms with Crippen molar-refractivity contribution in [2.45, 2.75) is 35.3 Å². The van der Waals surface area contributed by atoms with Crippen molar-refractivity contribution < 1.29 is 14.1 Å². The molecule has 2 aromatic carbocycles. The van der Waals surface area contributed by atoms with E-state index in [-0.39, 0.29) is 0 Å². The number of hydrogen-bond donors (Lipinski definition) is 0. The van der Waals surface area contributed by atoms with Crippen molar-refractivity contribution >= 4 is 58.5 Å². The van der Waals surface area contributed by atoms with Gasteiger partial charge in [0.15, 0.2) is 0 Å². The smallest absolute Gasteiger partial charge is 0.339 e. The van der Waals surface area contributed by atoms with Gasteiger partial charge < -0.3 is 9.29 Å². The molecule has 0 radical (unpaired) electrons. The molecule has 8 heteroatoms. The third-order valence-electron chi connectivity index (χ3n) is 3.35. The standard InChI is InChI=1S/C19H19Cl2NO3S2/c1-19(2,3)27(24)22-11-12-9-13(20)10-15(21)17(12)26-16-8-6-5-7-14(16)18(23)25-4/h5-11H,1-4H3. The van der Waals surface area contributed by atoms with Crippen LogP contribution in [0.1, 0.15) is 36.7 Å². The Labute approximate surface area is 176 Å². The number of nitrogens with zero attached hydrogens (tertiary/aromatic N) is 1. The monoisotopic (exact) mass is 443 g/mol. The second-order valence-electron chi connectivity index (χ2n) is 6.49. The van der Waals surface area contributed by atoms with Crippen molar-refractivity contribution in [2.75, 3.05) is 7.11 Å². The van der Waals surface area contributed by atoms with Crippen molar-refractivity contribution in [2.24, 2.45) is 4.40 Å². The van der Waals surface area contributed by atoms with Gasteiger partial charge in [-0.05, 0) is 45.0 Å². The van der Waals surface area contributed by atoms with Crippen LogP contribution < -0.4 is 0 Å². The van der Waals surface area contributed by atoms with Gasteiger partial charge in [0.2, 0.25) is 0 Å². The summed E-state index contributed by atoms with van der Waals surface area (Å²) in [7, 11) is 1.33. The Morgan fingerprint density at radius 2 is 1.93 bits per heavy atom. The minimum atomic E-state index is -1.42. The first-order valence-corrected chi connectivity index (χ1v) is 10.6. The van der Waals surface area contributed by atoms with E-state index in [1.54, 1.807) is 30.3 Å². The molecule has 0 N–H and O–H groups in total. The highest BCUT2D eigenvalue weighted by Crippen LogP contribution is 2.39. The number of hydrogen-bond acceptors (Lipinski definition) is 5. The maximum absolute atomic E-state index is 12.2. The number of ether oxygens (including phenoxy) is 1. The Bertz CT molecular complexity index is 867. The lowest BCUT2D eigenvalue weighted by Gasteiger charge is -2.18. The molecule has 4 nitrogen and oxygen atoms in total. The molecule has 2 aromatic rings. The lowest BCUT2D eigenvalue weighted by Crippen LogP contribution is -2.25. The van der Waals surface area contributed by atoms with Gasteiger partial charge >= 0.3 is 5.97 Å². The summed E-state index contributed by atoms with van der Waals surface area (Å²) in [5.41, 5.74) is 1.05. The van der Waals surface area contributed by atoms with E-state index in [2.05, 4.69) is 4.40 Å². The first-order valence-electron chi connectivity index (χ1n) is 7.93. The maximum atomic E-state index is 12.2. The Hall–Kier alpha value is -1.18. The van der Waals surface area contributed by atoms with Crippen molar-refractivity contribution in [3.05, 3.63) is 57.6 Å². The largest absolute Gasteiger partial charge is 0.591 e. The molecule has 0 amide bonds. The number of esters is 1. The van der Waals surface area contributed by atoms with Crippen LogP contribution in [0.2, 0.25) is 10.0 Å². The first kappa shape index (κ1) is 22.1. The minimum absolute atomic E-state index is 0.412. The van der Waals surface area contributed by atoms with E-state index in [9.17, 15) is 9.35 Å². The molecule has 0 aliphatic carbocycles. The van der Waals surface area contributed by atoms with E-state index in [1.807, 2.05) is 26.8 Å². The summed E-state index contributed by atoms with van der Waals surface area (Å²) < 4.78 is 20.7. The molecule has 0 saturated heterocycles. The van der Waals surface area contributed by atoms with E-state index in [1.165, 1.54) is 25.1 Å². The molecule has 0 aliphatic rings. The fraction of sp³-hybridized carbons (Fsp3) is 0.263. The summed E-state index contributed by atoms with van der Waals surface area (Å²) in [6.45, 7) is 5.52. The molecule has 0 spiro atoms. The summed E-state index contributed by atoms with van der Waals surface area (Å²) in [6.07, 6.45) is 1.50. The van der Waals surface area contributed by atoms with Crippen LogP contribution in [0.3, 0.4) is 0 Å². The molecule has 0 aromatic heterocycles. The zero-order chi connectivity index (χ0) is 20.2. The highest BCUT2D eigenvalue weighted by Gasteiger charge is 2.26. The SMILES string of the molecule is COC(=O)c1ccccc1Sc1c(Cl)cc(Cl)cc1C=N[S+]([O-])C(C)(C)C. The van der Waals surface area contributed by atoms with Gasteiger partial charge in [-0.2, -0.15) is 0 Å². The molecule has 27 heavy (non-hydrogen) atoms.